The third kappa shape index (κ3) is 5.91. The second kappa shape index (κ2) is 11.8. The number of nitrogens with zero attached hydrogens (tertiary/aromatic N) is 3. The number of aromatic nitrogens is 1. The van der Waals surface area contributed by atoms with Gasteiger partial charge in [0.25, 0.3) is 0 Å². The minimum Gasteiger partial charge on any atom is -1.00 e. The molecule has 0 saturated heterocycles. The zero-order valence-electron chi connectivity index (χ0n) is 18.2. The van der Waals surface area contributed by atoms with Crippen LogP contribution in [0.2, 0.25) is 0 Å². The van der Waals surface area contributed by atoms with Crippen LogP contribution >= 0.6 is 11.3 Å². The zero-order chi connectivity index (χ0) is 19.9. The van der Waals surface area contributed by atoms with Gasteiger partial charge in [-0.05, 0) is 37.1 Å². The lowest BCUT2D eigenvalue weighted by Crippen LogP contribution is -3.00. The molecular formula is C24H34IN3S. The van der Waals surface area contributed by atoms with Gasteiger partial charge in [0.15, 0.2) is 0 Å². The molecule has 2 aliphatic rings. The molecule has 0 N–H and O–H groups in total. The highest BCUT2D eigenvalue weighted by Crippen LogP contribution is 2.32. The van der Waals surface area contributed by atoms with Crippen LogP contribution in [0.5, 0.6) is 0 Å². The van der Waals surface area contributed by atoms with E-state index in [0.29, 0.717) is 0 Å². The van der Waals surface area contributed by atoms with Crippen LogP contribution in [0.15, 0.2) is 36.4 Å². The van der Waals surface area contributed by atoms with Gasteiger partial charge in [-0.25, -0.2) is 9.56 Å². The number of halogens is 1. The van der Waals surface area contributed by atoms with E-state index in [1.807, 2.05) is 11.3 Å². The minimum absolute atomic E-state index is 0. The maximum atomic E-state index is 4.94. The summed E-state index contributed by atoms with van der Waals surface area (Å²) in [6, 6.07) is 13.5. The third-order valence-electron chi connectivity index (χ3n) is 5.05. The Morgan fingerprint density at radius 2 is 1.55 bits per heavy atom. The van der Waals surface area contributed by atoms with E-state index in [0.717, 1.165) is 37.4 Å². The number of hydrogen-bond donors (Lipinski definition) is 0. The van der Waals surface area contributed by atoms with Crippen LogP contribution in [0, 0.1) is 0 Å². The molecule has 158 valence electrons. The van der Waals surface area contributed by atoms with E-state index in [1.54, 1.807) is 0 Å². The molecule has 1 aromatic carbocycles. The molecule has 1 aliphatic heterocycles. The van der Waals surface area contributed by atoms with Crippen molar-refractivity contribution in [2.75, 3.05) is 31.1 Å². The number of anilines is 1. The second-order valence-electron chi connectivity index (χ2n) is 7.49. The van der Waals surface area contributed by atoms with Crippen molar-refractivity contribution in [2.24, 2.45) is 0 Å². The average molecular weight is 524 g/mol. The van der Waals surface area contributed by atoms with Crippen molar-refractivity contribution in [1.29, 1.82) is 0 Å². The molecule has 5 heteroatoms. The number of rotatable bonds is 9. The predicted octanol–water partition coefficient (Wildman–Crippen LogP) is 2.62. The summed E-state index contributed by atoms with van der Waals surface area (Å²) in [7, 11) is 0. The first-order valence-corrected chi connectivity index (χ1v) is 11.7. The van der Waals surface area contributed by atoms with Gasteiger partial charge in [0, 0.05) is 43.8 Å². The quantitative estimate of drug-likeness (QED) is 0.244. The second-order valence-corrected chi connectivity index (χ2v) is 8.58. The molecule has 0 unspecified atom stereocenters. The Labute approximate surface area is 196 Å². The van der Waals surface area contributed by atoms with E-state index in [4.69, 9.17) is 4.98 Å². The fourth-order valence-corrected chi connectivity index (χ4v) is 4.85. The Hall–Kier alpha value is -1.21. The van der Waals surface area contributed by atoms with Crippen LogP contribution in [0.25, 0.3) is 20.8 Å². The topological polar surface area (TPSA) is 19.1 Å². The Balaban J connectivity index is 0.00000300. The van der Waals surface area contributed by atoms with Crippen LogP contribution in [0.1, 0.15) is 53.4 Å². The van der Waals surface area contributed by atoms with Gasteiger partial charge in [0.1, 0.15) is 13.1 Å². The van der Waals surface area contributed by atoms with Crippen LogP contribution in [-0.4, -0.2) is 31.2 Å². The largest absolute Gasteiger partial charge is 1.00 e. The van der Waals surface area contributed by atoms with Crippen LogP contribution < -0.4 is 38.8 Å². The maximum Gasteiger partial charge on any atom is 0.201 e. The Morgan fingerprint density at radius 3 is 2.17 bits per heavy atom. The number of hydrogen-bond acceptors (Lipinski definition) is 3. The summed E-state index contributed by atoms with van der Waals surface area (Å²) >= 11 is 1.87. The lowest BCUT2D eigenvalue weighted by molar-refractivity contribution is -0.00000587. The van der Waals surface area contributed by atoms with Gasteiger partial charge in [-0.1, -0.05) is 27.7 Å². The van der Waals surface area contributed by atoms with Crippen molar-refractivity contribution in [3.63, 3.8) is 0 Å². The van der Waals surface area contributed by atoms with E-state index in [-0.39, 0.29) is 24.0 Å². The van der Waals surface area contributed by atoms with Crippen molar-refractivity contribution in [1.82, 2.24) is 9.56 Å². The molecule has 0 amide bonds. The summed E-state index contributed by atoms with van der Waals surface area (Å²) in [5.41, 5.74) is 3.52. The number of benzene rings is 2. The first kappa shape index (κ1) is 24.1. The lowest BCUT2D eigenvalue weighted by atomic mass is 10.2. The molecule has 0 radical (unpaired) electrons. The van der Waals surface area contributed by atoms with Crippen LogP contribution in [0.3, 0.4) is 0 Å². The van der Waals surface area contributed by atoms with Crippen molar-refractivity contribution < 1.29 is 24.0 Å². The highest BCUT2D eigenvalue weighted by atomic mass is 127. The van der Waals surface area contributed by atoms with Gasteiger partial charge in [-0.15, -0.1) is 11.3 Å². The number of fused-ring (bicyclic) bond motifs is 2. The molecule has 1 heterocycles. The molecule has 1 aliphatic carbocycles. The molecule has 0 aromatic heterocycles. The summed E-state index contributed by atoms with van der Waals surface area (Å²) < 4.78 is 3.77. The monoisotopic (exact) mass is 523 g/mol. The third-order valence-corrected chi connectivity index (χ3v) is 6.15. The molecule has 0 atom stereocenters. The standard InChI is InChI=1S/C24H34N3S.HI/c1-5-13-26(14-6-2)19-9-11-21-23(17-19)28-24-18-20(10-12-22(24)25-21)27(15-7-3)16-8-4;/h9-12,17-18H,5-8,13-16H2,1-4H3;1H/q+1;/p-1. The smallest absolute Gasteiger partial charge is 0.201 e. The van der Waals surface area contributed by atoms with Gasteiger partial charge >= 0.3 is 0 Å². The van der Waals surface area contributed by atoms with Gasteiger partial charge in [-0.2, -0.15) is 0 Å². The summed E-state index contributed by atoms with van der Waals surface area (Å²) in [6.45, 7) is 13.4. The molecule has 0 spiro atoms. The van der Waals surface area contributed by atoms with E-state index < -0.39 is 0 Å². The molecule has 0 fully saturated rings. The maximum absolute atomic E-state index is 4.94. The first-order chi connectivity index (χ1) is 13.7. The van der Waals surface area contributed by atoms with Crippen molar-refractivity contribution in [3.8, 4) is 10.6 Å². The van der Waals surface area contributed by atoms with E-state index >= 15 is 0 Å². The predicted molar refractivity (Wildman–Crippen MR) is 125 cm³/mol. The molecule has 3 rings (SSSR count). The van der Waals surface area contributed by atoms with Crippen LogP contribution in [-0.2, 0) is 0 Å². The summed E-state index contributed by atoms with van der Waals surface area (Å²) in [5.74, 6) is 0. The zero-order valence-corrected chi connectivity index (χ0v) is 21.2. The molecule has 0 bridgehead atoms. The summed E-state index contributed by atoms with van der Waals surface area (Å²) in [6.07, 6.45) is 4.69. The highest BCUT2D eigenvalue weighted by molar-refractivity contribution is 7.21. The van der Waals surface area contributed by atoms with Gasteiger partial charge in [-0.3, -0.25) is 0 Å². The fourth-order valence-electron chi connectivity index (χ4n) is 3.82. The molecule has 29 heavy (non-hydrogen) atoms. The molecular weight excluding hydrogens is 489 g/mol. The van der Waals surface area contributed by atoms with Crippen molar-refractivity contribution in [3.05, 3.63) is 41.8 Å². The Kier molecular flexibility index (Phi) is 9.83. The SMILES string of the molecule is CCCN(CCC)c1ccc2nc3ccc(=[N+](CCC)CCC)cc-3sc2c1.[I-]. The van der Waals surface area contributed by atoms with Gasteiger partial charge < -0.3 is 28.9 Å². The molecule has 0 saturated carbocycles. The average Bonchev–Trinajstić information content (AvgIpc) is 2.71. The van der Waals surface area contributed by atoms with Crippen LogP contribution in [0.4, 0.5) is 5.69 Å². The summed E-state index contributed by atoms with van der Waals surface area (Å²) in [5, 5.41) is 1.32. The van der Waals surface area contributed by atoms with Crippen molar-refractivity contribution >= 4 is 27.2 Å². The Bertz CT molecular complexity index is 936. The highest BCUT2D eigenvalue weighted by Gasteiger charge is 2.12. The van der Waals surface area contributed by atoms with E-state index in [1.165, 1.54) is 46.3 Å². The normalized spacial score (nSPS) is 10.9. The molecule has 3 nitrogen and oxygen atoms in total. The molecule has 1 aromatic rings. The lowest BCUT2D eigenvalue weighted by Gasteiger charge is -2.24. The van der Waals surface area contributed by atoms with Gasteiger partial charge in [0.05, 0.1) is 20.8 Å². The van der Waals surface area contributed by atoms with Crippen molar-refractivity contribution in [2.45, 2.75) is 53.4 Å². The first-order valence-electron chi connectivity index (χ1n) is 10.9. The fraction of sp³-hybridized carbons (Fsp3) is 0.500. The Morgan fingerprint density at radius 1 is 0.862 bits per heavy atom. The van der Waals surface area contributed by atoms with E-state index in [9.17, 15) is 0 Å². The minimum atomic E-state index is 0. The van der Waals surface area contributed by atoms with Gasteiger partial charge in [0.2, 0.25) is 5.36 Å². The summed E-state index contributed by atoms with van der Waals surface area (Å²) in [4.78, 5) is 8.71. The van der Waals surface area contributed by atoms with E-state index in [2.05, 4.69) is 73.6 Å².